The number of methoxy groups -OCH3 is 2. The maximum absolute atomic E-state index is 12.9. The van der Waals surface area contributed by atoms with Crippen LogP contribution in [-0.4, -0.2) is 56.1 Å². The van der Waals surface area contributed by atoms with Crippen LogP contribution in [0.2, 0.25) is 0 Å². The van der Waals surface area contributed by atoms with Gasteiger partial charge in [-0.1, -0.05) is 18.2 Å². The first-order valence-electron chi connectivity index (χ1n) is 13.4. The van der Waals surface area contributed by atoms with Crippen molar-refractivity contribution in [2.24, 2.45) is 16.8 Å². The molecule has 6 nitrogen and oxygen atoms in total. The highest BCUT2D eigenvalue weighted by molar-refractivity contribution is 6.32. The van der Waals surface area contributed by atoms with Gasteiger partial charge in [-0.25, -0.2) is 4.79 Å². The average molecular weight is 476 g/mol. The molecule has 2 aliphatic heterocycles. The summed E-state index contributed by atoms with van der Waals surface area (Å²) in [7, 11) is 3.55. The standard InChI is InChI=1S/C29H37N3O3/c1-34-21-10-8-20(9-11-21)30-29(33)32-16-14-19(15-17-32)23-12-13-25(35-2)27-26-22(18-6-7-18)4-3-5-24(26)31-28(23)27/h3-5,12-13,18-21,23H,6-11,14-17H2,1-2H3,(H,30,33). The number of likely N-dealkylation sites (tertiary alicyclic amines) is 1. The van der Waals surface area contributed by atoms with Crippen LogP contribution in [0.15, 0.2) is 41.1 Å². The van der Waals surface area contributed by atoms with E-state index in [2.05, 4.69) is 35.7 Å². The Morgan fingerprint density at radius 3 is 2.49 bits per heavy atom. The van der Waals surface area contributed by atoms with Gasteiger partial charge < -0.3 is 19.7 Å². The molecule has 2 amide bonds. The van der Waals surface area contributed by atoms with Crippen molar-refractivity contribution in [1.82, 2.24) is 10.2 Å². The zero-order chi connectivity index (χ0) is 23.9. The number of rotatable bonds is 5. The van der Waals surface area contributed by atoms with Crippen molar-refractivity contribution < 1.29 is 14.3 Å². The number of nitrogens with one attached hydrogen (secondary N) is 1. The molecule has 3 fully saturated rings. The van der Waals surface area contributed by atoms with Gasteiger partial charge >= 0.3 is 6.03 Å². The second-order valence-corrected chi connectivity index (χ2v) is 10.8. The summed E-state index contributed by atoms with van der Waals surface area (Å²) in [6, 6.07) is 6.96. The minimum Gasteiger partial charge on any atom is -0.496 e. The molecular weight excluding hydrogens is 438 g/mol. The molecule has 1 N–H and O–H groups in total. The molecule has 0 radical (unpaired) electrons. The zero-order valence-electron chi connectivity index (χ0n) is 21.0. The number of hydrogen-bond donors (Lipinski definition) is 1. The van der Waals surface area contributed by atoms with Gasteiger partial charge in [0.05, 0.1) is 24.6 Å². The predicted molar refractivity (Wildman–Crippen MR) is 138 cm³/mol. The molecule has 35 heavy (non-hydrogen) atoms. The van der Waals surface area contributed by atoms with E-state index in [-0.39, 0.29) is 18.0 Å². The molecule has 186 valence electrons. The summed E-state index contributed by atoms with van der Waals surface area (Å²) in [6.07, 6.45) is 13.4. The van der Waals surface area contributed by atoms with Crippen LogP contribution in [0.5, 0.6) is 0 Å². The monoisotopic (exact) mass is 475 g/mol. The van der Waals surface area contributed by atoms with Crippen molar-refractivity contribution in [2.45, 2.75) is 69.4 Å². The Morgan fingerprint density at radius 2 is 1.80 bits per heavy atom. The van der Waals surface area contributed by atoms with Gasteiger partial charge in [-0.3, -0.25) is 4.99 Å². The molecule has 6 heteroatoms. The van der Waals surface area contributed by atoms with E-state index >= 15 is 0 Å². The normalized spacial score (nSPS) is 28.5. The lowest BCUT2D eigenvalue weighted by Gasteiger charge is -2.37. The molecule has 6 rings (SSSR count). The Hall–Kier alpha value is -2.60. The van der Waals surface area contributed by atoms with E-state index in [1.807, 2.05) is 4.90 Å². The Kier molecular flexibility index (Phi) is 6.17. The van der Waals surface area contributed by atoms with Gasteiger partial charge in [0, 0.05) is 43.3 Å². The first-order chi connectivity index (χ1) is 17.2. The van der Waals surface area contributed by atoms with Crippen LogP contribution in [0, 0.1) is 11.8 Å². The van der Waals surface area contributed by atoms with Crippen molar-refractivity contribution in [2.75, 3.05) is 27.3 Å². The van der Waals surface area contributed by atoms with E-state index in [0.29, 0.717) is 17.9 Å². The number of piperidine rings is 1. The molecule has 2 saturated carbocycles. The molecule has 1 aromatic carbocycles. The van der Waals surface area contributed by atoms with Crippen molar-refractivity contribution in [3.05, 3.63) is 47.2 Å². The average Bonchev–Trinajstić information content (AvgIpc) is 3.67. The minimum absolute atomic E-state index is 0.102. The summed E-state index contributed by atoms with van der Waals surface area (Å²) in [5.74, 6) is 2.36. The summed E-state index contributed by atoms with van der Waals surface area (Å²) >= 11 is 0. The quantitative estimate of drug-likeness (QED) is 0.605. The van der Waals surface area contributed by atoms with Gasteiger partial charge in [0.1, 0.15) is 5.76 Å². The number of urea groups is 1. The fraction of sp³-hybridized carbons (Fsp3) is 0.586. The SMILES string of the molecule is COC1=C2C(=Nc3cccc(C4CC4)c32)C(C2CCN(C(=O)NC3CCC(OC)CC3)CC2)C=C1. The number of carbonyl (C=O) groups excluding carboxylic acids is 1. The van der Waals surface area contributed by atoms with Gasteiger partial charge in [-0.05, 0) is 80.9 Å². The number of nitrogens with zero attached hydrogens (tertiary/aromatic N) is 2. The Labute approximate surface area is 208 Å². The Bertz CT molecular complexity index is 1070. The molecule has 2 heterocycles. The van der Waals surface area contributed by atoms with Crippen LogP contribution >= 0.6 is 0 Å². The number of hydrogen-bond acceptors (Lipinski definition) is 4. The highest BCUT2D eigenvalue weighted by Crippen LogP contribution is 2.51. The number of allylic oxidation sites excluding steroid dienone is 3. The summed E-state index contributed by atoms with van der Waals surface area (Å²) in [5.41, 5.74) is 6.22. The number of ether oxygens (including phenoxy) is 2. The zero-order valence-corrected chi connectivity index (χ0v) is 21.0. The molecular formula is C29H37N3O3. The summed E-state index contributed by atoms with van der Waals surface area (Å²) in [4.78, 5) is 20.1. The van der Waals surface area contributed by atoms with Crippen LogP contribution in [0.3, 0.4) is 0 Å². The van der Waals surface area contributed by atoms with Crippen LogP contribution in [0.4, 0.5) is 10.5 Å². The molecule has 0 bridgehead atoms. The number of fused-ring (bicyclic) bond motifs is 3. The third-order valence-corrected chi connectivity index (χ3v) is 8.75. The van der Waals surface area contributed by atoms with Crippen LogP contribution in [-0.2, 0) is 9.47 Å². The lowest BCUT2D eigenvalue weighted by molar-refractivity contribution is 0.0623. The van der Waals surface area contributed by atoms with Gasteiger partial charge in [0.15, 0.2) is 0 Å². The van der Waals surface area contributed by atoms with Crippen LogP contribution in [0.1, 0.15) is 68.4 Å². The maximum atomic E-state index is 12.9. The van der Waals surface area contributed by atoms with Gasteiger partial charge in [-0.2, -0.15) is 0 Å². The van der Waals surface area contributed by atoms with E-state index in [1.165, 1.54) is 35.3 Å². The van der Waals surface area contributed by atoms with Gasteiger partial charge in [-0.15, -0.1) is 0 Å². The number of carbonyl (C=O) groups is 1. The summed E-state index contributed by atoms with van der Waals surface area (Å²) in [5, 5.41) is 3.28. The number of amides is 2. The minimum atomic E-state index is 0.102. The van der Waals surface area contributed by atoms with Gasteiger partial charge in [0.2, 0.25) is 0 Å². The van der Waals surface area contributed by atoms with E-state index in [0.717, 1.165) is 63.1 Å². The molecule has 3 aliphatic carbocycles. The first-order valence-corrected chi connectivity index (χ1v) is 13.4. The molecule has 0 aromatic heterocycles. The molecule has 1 saturated heterocycles. The molecule has 0 spiro atoms. The second kappa shape index (κ2) is 9.45. The summed E-state index contributed by atoms with van der Waals surface area (Å²) in [6.45, 7) is 1.61. The number of aliphatic imine (C=N–C) groups is 1. The third kappa shape index (κ3) is 4.31. The van der Waals surface area contributed by atoms with Crippen molar-refractivity contribution >= 4 is 23.0 Å². The van der Waals surface area contributed by atoms with Crippen molar-refractivity contribution in [1.29, 1.82) is 0 Å². The largest absolute Gasteiger partial charge is 0.496 e. The summed E-state index contributed by atoms with van der Waals surface area (Å²) < 4.78 is 11.3. The van der Waals surface area contributed by atoms with E-state index in [1.54, 1.807) is 14.2 Å². The number of benzene rings is 1. The van der Waals surface area contributed by atoms with Crippen LogP contribution < -0.4 is 5.32 Å². The predicted octanol–water partition coefficient (Wildman–Crippen LogP) is 5.57. The molecule has 1 atom stereocenters. The molecule has 5 aliphatic rings. The van der Waals surface area contributed by atoms with E-state index in [9.17, 15) is 4.79 Å². The molecule has 1 unspecified atom stereocenters. The Morgan fingerprint density at radius 1 is 1.03 bits per heavy atom. The highest BCUT2D eigenvalue weighted by atomic mass is 16.5. The van der Waals surface area contributed by atoms with E-state index < -0.39 is 0 Å². The van der Waals surface area contributed by atoms with E-state index in [4.69, 9.17) is 14.5 Å². The Balaban J connectivity index is 1.12. The maximum Gasteiger partial charge on any atom is 0.317 e. The second-order valence-electron chi connectivity index (χ2n) is 10.8. The van der Waals surface area contributed by atoms with Crippen LogP contribution in [0.25, 0.3) is 5.57 Å². The van der Waals surface area contributed by atoms with Gasteiger partial charge in [0.25, 0.3) is 0 Å². The third-order valence-electron chi connectivity index (χ3n) is 8.75. The smallest absolute Gasteiger partial charge is 0.317 e. The lowest BCUT2D eigenvalue weighted by Crippen LogP contribution is -2.49. The fourth-order valence-electron chi connectivity index (χ4n) is 6.55. The highest BCUT2D eigenvalue weighted by Gasteiger charge is 2.40. The van der Waals surface area contributed by atoms with Crippen molar-refractivity contribution in [3.63, 3.8) is 0 Å². The molecule has 1 aromatic rings. The first kappa shape index (κ1) is 22.8. The fourth-order valence-corrected chi connectivity index (χ4v) is 6.55. The lowest BCUT2D eigenvalue weighted by atomic mass is 9.76. The topological polar surface area (TPSA) is 63.2 Å². The van der Waals surface area contributed by atoms with Crippen molar-refractivity contribution in [3.8, 4) is 0 Å².